The predicted molar refractivity (Wildman–Crippen MR) is 84.7 cm³/mol. The topological polar surface area (TPSA) is 49.3 Å². The number of aliphatic hydroxyl groups is 1. The molecule has 1 atom stereocenters. The van der Waals surface area contributed by atoms with Gasteiger partial charge in [-0.15, -0.1) is 0 Å². The van der Waals surface area contributed by atoms with E-state index >= 15 is 0 Å². The Bertz CT molecular complexity index is 613. The highest BCUT2D eigenvalue weighted by atomic mass is 35.5. The lowest BCUT2D eigenvalue weighted by molar-refractivity contribution is 0.0916. The Kier molecular flexibility index (Phi) is 5.37. The molecule has 0 aliphatic heterocycles. The first kappa shape index (κ1) is 15.5. The molecule has 2 aromatic carbocycles. The summed E-state index contributed by atoms with van der Waals surface area (Å²) < 4.78 is 0. The van der Waals surface area contributed by atoms with E-state index in [9.17, 15) is 9.90 Å². The number of carbonyl (C=O) groups excluding carboxylic acids is 1. The van der Waals surface area contributed by atoms with Crippen molar-refractivity contribution in [3.63, 3.8) is 0 Å². The molecule has 0 radical (unpaired) electrons. The van der Waals surface area contributed by atoms with Gasteiger partial charge in [-0.3, -0.25) is 4.79 Å². The summed E-state index contributed by atoms with van der Waals surface area (Å²) in [4.78, 5) is 12.3. The third-order valence-electron chi connectivity index (χ3n) is 3.31. The Morgan fingerprint density at radius 1 is 1.24 bits per heavy atom. The van der Waals surface area contributed by atoms with Crippen LogP contribution in [0.4, 0.5) is 0 Å². The molecule has 0 spiro atoms. The number of aliphatic hydroxyl groups excluding tert-OH is 1. The number of hydrogen-bond donors (Lipinski definition) is 2. The van der Waals surface area contributed by atoms with E-state index in [1.165, 1.54) is 0 Å². The van der Waals surface area contributed by atoms with E-state index in [2.05, 4.69) is 5.32 Å². The molecule has 0 aliphatic rings. The first-order valence-electron chi connectivity index (χ1n) is 6.82. The summed E-state index contributed by atoms with van der Waals surface area (Å²) in [6.45, 7) is 1.74. The average molecular weight is 304 g/mol. The smallest absolute Gasteiger partial charge is 0.251 e. The summed E-state index contributed by atoms with van der Waals surface area (Å²) >= 11 is 5.89. The van der Waals surface area contributed by atoms with Gasteiger partial charge < -0.3 is 10.4 Å². The van der Waals surface area contributed by atoms with Crippen LogP contribution in [0.3, 0.4) is 0 Å². The van der Waals surface area contributed by atoms with Gasteiger partial charge >= 0.3 is 0 Å². The van der Waals surface area contributed by atoms with Gasteiger partial charge in [0.1, 0.15) is 0 Å². The maximum absolute atomic E-state index is 12.3. The average Bonchev–Trinajstić information content (AvgIpc) is 2.47. The number of hydrogen-bond acceptors (Lipinski definition) is 2. The van der Waals surface area contributed by atoms with Crippen molar-refractivity contribution in [1.82, 2.24) is 5.32 Å². The van der Waals surface area contributed by atoms with Crippen LogP contribution < -0.4 is 5.32 Å². The van der Waals surface area contributed by atoms with Crippen molar-refractivity contribution >= 4 is 17.5 Å². The van der Waals surface area contributed by atoms with Gasteiger partial charge in [0, 0.05) is 10.6 Å². The Labute approximate surface area is 129 Å². The number of halogens is 1. The van der Waals surface area contributed by atoms with Crippen LogP contribution in [-0.4, -0.2) is 23.7 Å². The van der Waals surface area contributed by atoms with Crippen LogP contribution in [0.25, 0.3) is 0 Å². The summed E-state index contributed by atoms with van der Waals surface area (Å²) in [5.41, 5.74) is 2.46. The zero-order chi connectivity index (χ0) is 15.2. The highest BCUT2D eigenvalue weighted by molar-refractivity contribution is 6.30. The first-order valence-corrected chi connectivity index (χ1v) is 7.19. The van der Waals surface area contributed by atoms with Crippen molar-refractivity contribution in [3.05, 3.63) is 70.2 Å². The maximum atomic E-state index is 12.3. The minimum absolute atomic E-state index is 0.104. The minimum atomic E-state index is -0.310. The number of aryl methyl sites for hydroxylation is 1. The second-order valence-electron chi connectivity index (χ2n) is 5.00. The van der Waals surface area contributed by atoms with Gasteiger partial charge in [0.15, 0.2) is 0 Å². The molecule has 3 nitrogen and oxygen atoms in total. The van der Waals surface area contributed by atoms with Gasteiger partial charge in [0.2, 0.25) is 0 Å². The lowest BCUT2D eigenvalue weighted by atomic mass is 10.0. The Morgan fingerprint density at radius 3 is 2.57 bits per heavy atom. The molecular weight excluding hydrogens is 286 g/mol. The van der Waals surface area contributed by atoms with Crippen LogP contribution in [0.5, 0.6) is 0 Å². The fourth-order valence-electron chi connectivity index (χ4n) is 2.20. The molecular formula is C17H18ClNO2. The van der Waals surface area contributed by atoms with Crippen LogP contribution in [0.2, 0.25) is 5.02 Å². The maximum Gasteiger partial charge on any atom is 0.251 e. The van der Waals surface area contributed by atoms with Crippen LogP contribution in [0.15, 0.2) is 48.5 Å². The van der Waals surface area contributed by atoms with Gasteiger partial charge in [0.25, 0.3) is 5.91 Å². The number of benzene rings is 2. The van der Waals surface area contributed by atoms with Crippen LogP contribution in [0.1, 0.15) is 21.5 Å². The van der Waals surface area contributed by atoms with Gasteiger partial charge in [0.05, 0.1) is 12.6 Å². The second-order valence-corrected chi connectivity index (χ2v) is 5.44. The van der Waals surface area contributed by atoms with Gasteiger partial charge in [-0.05, 0) is 42.7 Å². The lowest BCUT2D eigenvalue weighted by Crippen LogP contribution is -2.39. The van der Waals surface area contributed by atoms with Crippen molar-refractivity contribution in [3.8, 4) is 0 Å². The van der Waals surface area contributed by atoms with E-state index in [0.29, 0.717) is 17.0 Å². The van der Waals surface area contributed by atoms with E-state index in [-0.39, 0.29) is 18.6 Å². The Balaban J connectivity index is 2.06. The fraction of sp³-hybridized carbons (Fsp3) is 0.235. The summed E-state index contributed by atoms with van der Waals surface area (Å²) in [6, 6.07) is 14.6. The normalized spacial score (nSPS) is 12.0. The van der Waals surface area contributed by atoms with Crippen molar-refractivity contribution < 1.29 is 9.90 Å². The molecule has 0 fully saturated rings. The molecule has 2 rings (SSSR count). The van der Waals surface area contributed by atoms with Crippen LogP contribution in [0, 0.1) is 6.92 Å². The molecule has 0 bridgehead atoms. The Morgan fingerprint density at radius 2 is 1.95 bits per heavy atom. The molecule has 0 unspecified atom stereocenters. The standard InChI is InChI=1S/C17H18ClNO2/c1-12-9-14(18)7-8-16(12)17(21)19-15(11-20)10-13-5-3-2-4-6-13/h2-9,15,20H,10-11H2,1H3,(H,19,21)/t15-/m0/s1. The van der Waals surface area contributed by atoms with E-state index in [1.807, 2.05) is 37.3 Å². The number of amides is 1. The van der Waals surface area contributed by atoms with Crippen molar-refractivity contribution in [2.75, 3.05) is 6.61 Å². The lowest BCUT2D eigenvalue weighted by Gasteiger charge is -2.17. The molecule has 21 heavy (non-hydrogen) atoms. The molecule has 2 aromatic rings. The van der Waals surface area contributed by atoms with Gasteiger partial charge in [-0.25, -0.2) is 0 Å². The van der Waals surface area contributed by atoms with Crippen molar-refractivity contribution in [1.29, 1.82) is 0 Å². The molecule has 0 heterocycles. The summed E-state index contributed by atoms with van der Waals surface area (Å²) in [7, 11) is 0. The molecule has 2 N–H and O–H groups in total. The highest BCUT2D eigenvalue weighted by Gasteiger charge is 2.15. The molecule has 4 heteroatoms. The first-order chi connectivity index (χ1) is 10.1. The SMILES string of the molecule is Cc1cc(Cl)ccc1C(=O)N[C@H](CO)Cc1ccccc1. The van der Waals surface area contributed by atoms with Gasteiger partial charge in [-0.2, -0.15) is 0 Å². The molecule has 0 aliphatic carbocycles. The Hall–Kier alpha value is -1.84. The van der Waals surface area contributed by atoms with Crippen molar-refractivity contribution in [2.24, 2.45) is 0 Å². The molecule has 0 saturated heterocycles. The van der Waals surface area contributed by atoms with E-state index < -0.39 is 0 Å². The molecule has 110 valence electrons. The third kappa shape index (κ3) is 4.31. The molecule has 1 amide bonds. The fourth-order valence-corrected chi connectivity index (χ4v) is 2.43. The quantitative estimate of drug-likeness (QED) is 0.892. The second kappa shape index (κ2) is 7.25. The van der Waals surface area contributed by atoms with Crippen LogP contribution >= 0.6 is 11.6 Å². The summed E-state index contributed by atoms with van der Waals surface area (Å²) in [6.07, 6.45) is 0.593. The van der Waals surface area contributed by atoms with E-state index in [0.717, 1.165) is 11.1 Å². The number of rotatable bonds is 5. The van der Waals surface area contributed by atoms with E-state index in [4.69, 9.17) is 11.6 Å². The zero-order valence-corrected chi connectivity index (χ0v) is 12.6. The third-order valence-corrected chi connectivity index (χ3v) is 3.55. The molecule has 0 saturated carbocycles. The van der Waals surface area contributed by atoms with E-state index in [1.54, 1.807) is 18.2 Å². The summed E-state index contributed by atoms with van der Waals surface area (Å²) in [5, 5.41) is 12.9. The summed E-state index contributed by atoms with van der Waals surface area (Å²) in [5.74, 6) is -0.195. The van der Waals surface area contributed by atoms with Crippen molar-refractivity contribution in [2.45, 2.75) is 19.4 Å². The largest absolute Gasteiger partial charge is 0.394 e. The monoisotopic (exact) mass is 303 g/mol. The molecule has 0 aromatic heterocycles. The minimum Gasteiger partial charge on any atom is -0.394 e. The van der Waals surface area contributed by atoms with Gasteiger partial charge in [-0.1, -0.05) is 41.9 Å². The number of carbonyl (C=O) groups is 1. The number of nitrogens with one attached hydrogen (secondary N) is 1. The van der Waals surface area contributed by atoms with Crippen LogP contribution in [-0.2, 0) is 6.42 Å². The zero-order valence-electron chi connectivity index (χ0n) is 11.8. The highest BCUT2D eigenvalue weighted by Crippen LogP contribution is 2.15. The predicted octanol–water partition coefficient (Wildman–Crippen LogP) is 2.98.